The summed E-state index contributed by atoms with van der Waals surface area (Å²) in [5.74, 6) is -0.258. The number of halogens is 1. The molecule has 0 bridgehead atoms. The van der Waals surface area contributed by atoms with Gasteiger partial charge in [-0.05, 0) is 36.1 Å². The molecule has 1 unspecified atom stereocenters. The SMILES string of the molecule is CCC(Cc1ccc(Cl)cc1)C(=O)OCc1ccccc1. The highest BCUT2D eigenvalue weighted by Gasteiger charge is 2.18. The molecule has 1 atom stereocenters. The van der Waals surface area contributed by atoms with Crippen molar-refractivity contribution in [2.45, 2.75) is 26.4 Å². The summed E-state index contributed by atoms with van der Waals surface area (Å²) < 4.78 is 5.41. The molecule has 0 saturated heterocycles. The minimum atomic E-state index is -0.142. The highest BCUT2D eigenvalue weighted by molar-refractivity contribution is 6.30. The summed E-state index contributed by atoms with van der Waals surface area (Å²) in [5.41, 5.74) is 2.11. The minimum absolute atomic E-state index is 0.116. The van der Waals surface area contributed by atoms with Crippen molar-refractivity contribution >= 4 is 17.6 Å². The van der Waals surface area contributed by atoms with Gasteiger partial charge in [0.05, 0.1) is 5.92 Å². The number of ether oxygens (including phenoxy) is 1. The zero-order valence-electron chi connectivity index (χ0n) is 12.1. The number of hydrogen-bond donors (Lipinski definition) is 0. The van der Waals surface area contributed by atoms with E-state index in [-0.39, 0.29) is 11.9 Å². The van der Waals surface area contributed by atoms with Gasteiger partial charge in [-0.1, -0.05) is 61.0 Å². The average Bonchev–Trinajstić information content (AvgIpc) is 2.53. The lowest BCUT2D eigenvalue weighted by atomic mass is 9.97. The number of carbonyl (C=O) groups is 1. The molecule has 0 amide bonds. The highest BCUT2D eigenvalue weighted by atomic mass is 35.5. The van der Waals surface area contributed by atoms with Gasteiger partial charge in [0.1, 0.15) is 6.61 Å². The van der Waals surface area contributed by atoms with E-state index in [0.717, 1.165) is 17.5 Å². The molecular formula is C18H19ClO2. The van der Waals surface area contributed by atoms with Crippen LogP contribution in [0, 0.1) is 5.92 Å². The summed E-state index contributed by atoms with van der Waals surface area (Å²) in [5, 5.41) is 0.707. The van der Waals surface area contributed by atoms with Crippen molar-refractivity contribution in [2.75, 3.05) is 0 Å². The molecule has 0 saturated carbocycles. The predicted molar refractivity (Wildman–Crippen MR) is 85.2 cm³/mol. The topological polar surface area (TPSA) is 26.3 Å². The van der Waals surface area contributed by atoms with E-state index in [2.05, 4.69) is 0 Å². The molecule has 2 aromatic carbocycles. The lowest BCUT2D eigenvalue weighted by molar-refractivity contribution is -0.150. The molecule has 3 heteroatoms. The van der Waals surface area contributed by atoms with Crippen molar-refractivity contribution < 1.29 is 9.53 Å². The summed E-state index contributed by atoms with van der Waals surface area (Å²) in [6, 6.07) is 17.3. The number of esters is 1. The third kappa shape index (κ3) is 4.91. The molecule has 0 aromatic heterocycles. The number of rotatable bonds is 6. The Balaban J connectivity index is 1.90. The average molecular weight is 303 g/mol. The first kappa shape index (κ1) is 15.6. The van der Waals surface area contributed by atoms with Crippen molar-refractivity contribution in [1.82, 2.24) is 0 Å². The molecule has 2 rings (SSSR count). The van der Waals surface area contributed by atoms with Crippen molar-refractivity contribution in [1.29, 1.82) is 0 Å². The second kappa shape index (κ2) is 7.84. The predicted octanol–water partition coefficient (Wildman–Crippen LogP) is 4.65. The van der Waals surface area contributed by atoms with Gasteiger partial charge in [-0.25, -0.2) is 0 Å². The Bertz CT molecular complexity index is 564. The van der Waals surface area contributed by atoms with E-state index in [1.807, 2.05) is 61.5 Å². The van der Waals surface area contributed by atoms with Gasteiger partial charge in [0.2, 0.25) is 0 Å². The van der Waals surface area contributed by atoms with Gasteiger partial charge in [0, 0.05) is 5.02 Å². The van der Waals surface area contributed by atoms with Crippen LogP contribution in [-0.4, -0.2) is 5.97 Å². The van der Waals surface area contributed by atoms with E-state index in [4.69, 9.17) is 16.3 Å². The lowest BCUT2D eigenvalue weighted by Crippen LogP contribution is -2.19. The standard InChI is InChI=1S/C18H19ClO2/c1-2-16(12-14-8-10-17(19)11-9-14)18(20)21-13-15-6-4-3-5-7-15/h3-11,16H,2,12-13H2,1H3. The van der Waals surface area contributed by atoms with Crippen LogP contribution in [-0.2, 0) is 22.6 Å². The van der Waals surface area contributed by atoms with Gasteiger partial charge in [-0.3, -0.25) is 4.79 Å². The summed E-state index contributed by atoms with van der Waals surface area (Å²) in [6.45, 7) is 2.33. The molecule has 0 heterocycles. The molecule has 21 heavy (non-hydrogen) atoms. The Kier molecular flexibility index (Phi) is 5.82. The maximum Gasteiger partial charge on any atom is 0.309 e. The van der Waals surface area contributed by atoms with Crippen LogP contribution in [0.15, 0.2) is 54.6 Å². The lowest BCUT2D eigenvalue weighted by Gasteiger charge is -2.14. The van der Waals surface area contributed by atoms with E-state index >= 15 is 0 Å². The van der Waals surface area contributed by atoms with Crippen molar-refractivity contribution in [3.05, 3.63) is 70.7 Å². The Morgan fingerprint density at radius 3 is 2.33 bits per heavy atom. The Morgan fingerprint density at radius 2 is 1.71 bits per heavy atom. The number of benzene rings is 2. The first-order chi connectivity index (χ1) is 10.2. The fraction of sp³-hybridized carbons (Fsp3) is 0.278. The molecule has 2 nitrogen and oxygen atoms in total. The molecule has 0 aliphatic rings. The fourth-order valence-corrected chi connectivity index (χ4v) is 2.27. The smallest absolute Gasteiger partial charge is 0.309 e. The Hall–Kier alpha value is -1.80. The normalized spacial score (nSPS) is 11.9. The molecule has 2 aromatic rings. The van der Waals surface area contributed by atoms with E-state index < -0.39 is 0 Å². The second-order valence-electron chi connectivity index (χ2n) is 5.03. The third-order valence-corrected chi connectivity index (χ3v) is 3.70. The molecule has 110 valence electrons. The molecular weight excluding hydrogens is 284 g/mol. The highest BCUT2D eigenvalue weighted by Crippen LogP contribution is 2.17. The van der Waals surface area contributed by atoms with Crippen LogP contribution in [0.25, 0.3) is 0 Å². The number of hydrogen-bond acceptors (Lipinski definition) is 2. The zero-order chi connectivity index (χ0) is 15.1. The van der Waals surface area contributed by atoms with Gasteiger partial charge in [0.25, 0.3) is 0 Å². The first-order valence-electron chi connectivity index (χ1n) is 7.14. The molecule has 0 aliphatic heterocycles. The van der Waals surface area contributed by atoms with Gasteiger partial charge in [-0.15, -0.1) is 0 Å². The summed E-state index contributed by atoms with van der Waals surface area (Å²) in [7, 11) is 0. The second-order valence-corrected chi connectivity index (χ2v) is 5.47. The Morgan fingerprint density at radius 1 is 1.05 bits per heavy atom. The monoisotopic (exact) mass is 302 g/mol. The van der Waals surface area contributed by atoms with E-state index in [1.54, 1.807) is 0 Å². The van der Waals surface area contributed by atoms with Crippen molar-refractivity contribution in [3.8, 4) is 0 Å². The summed E-state index contributed by atoms with van der Waals surface area (Å²) in [6.07, 6.45) is 1.44. The van der Waals surface area contributed by atoms with Crippen LogP contribution >= 0.6 is 11.6 Å². The molecule has 0 spiro atoms. The van der Waals surface area contributed by atoms with Crippen LogP contribution in [0.4, 0.5) is 0 Å². The van der Waals surface area contributed by atoms with Crippen LogP contribution in [0.5, 0.6) is 0 Å². The van der Waals surface area contributed by atoms with Gasteiger partial charge in [0.15, 0.2) is 0 Å². The van der Waals surface area contributed by atoms with Gasteiger partial charge >= 0.3 is 5.97 Å². The van der Waals surface area contributed by atoms with Crippen molar-refractivity contribution in [3.63, 3.8) is 0 Å². The van der Waals surface area contributed by atoms with E-state index in [9.17, 15) is 4.79 Å². The number of carbonyl (C=O) groups excluding carboxylic acids is 1. The van der Waals surface area contributed by atoms with Crippen molar-refractivity contribution in [2.24, 2.45) is 5.92 Å². The maximum absolute atomic E-state index is 12.2. The summed E-state index contributed by atoms with van der Waals surface area (Å²) in [4.78, 5) is 12.2. The fourth-order valence-electron chi connectivity index (χ4n) is 2.15. The minimum Gasteiger partial charge on any atom is -0.461 e. The molecule has 0 aliphatic carbocycles. The van der Waals surface area contributed by atoms with Gasteiger partial charge in [-0.2, -0.15) is 0 Å². The summed E-state index contributed by atoms with van der Waals surface area (Å²) >= 11 is 5.87. The zero-order valence-corrected chi connectivity index (χ0v) is 12.8. The Labute approximate surface area is 130 Å². The van der Waals surface area contributed by atoms with Gasteiger partial charge < -0.3 is 4.74 Å². The first-order valence-corrected chi connectivity index (χ1v) is 7.52. The molecule has 0 radical (unpaired) electrons. The maximum atomic E-state index is 12.2. The van der Waals surface area contributed by atoms with Crippen LogP contribution in [0.3, 0.4) is 0 Å². The largest absolute Gasteiger partial charge is 0.461 e. The van der Waals surface area contributed by atoms with Crippen LogP contribution in [0.2, 0.25) is 5.02 Å². The molecule has 0 N–H and O–H groups in total. The van der Waals surface area contributed by atoms with E-state index in [0.29, 0.717) is 18.1 Å². The van der Waals surface area contributed by atoms with Crippen LogP contribution in [0.1, 0.15) is 24.5 Å². The van der Waals surface area contributed by atoms with E-state index in [1.165, 1.54) is 0 Å². The third-order valence-electron chi connectivity index (χ3n) is 3.45. The van der Waals surface area contributed by atoms with Crippen LogP contribution < -0.4 is 0 Å². The quantitative estimate of drug-likeness (QED) is 0.726. The molecule has 0 fully saturated rings.